The molecule has 19 heavy (non-hydrogen) atoms. The number of hydrogen-bond donors (Lipinski definition) is 2. The molecule has 0 radical (unpaired) electrons. The second-order valence-electron chi connectivity index (χ2n) is 5.48. The van der Waals surface area contributed by atoms with Crippen LogP contribution in [0.2, 0.25) is 5.02 Å². The van der Waals surface area contributed by atoms with Crippen LogP contribution in [0.25, 0.3) is 0 Å². The Morgan fingerprint density at radius 3 is 2.63 bits per heavy atom. The maximum Gasteiger partial charge on any atom is 0.120 e. The van der Waals surface area contributed by atoms with Crippen molar-refractivity contribution < 1.29 is 5.11 Å². The summed E-state index contributed by atoms with van der Waals surface area (Å²) in [4.78, 5) is 2.33. The van der Waals surface area contributed by atoms with E-state index in [2.05, 4.69) is 17.3 Å². The average Bonchev–Trinajstić information content (AvgIpc) is 2.43. The fourth-order valence-corrected chi connectivity index (χ4v) is 3.08. The minimum absolute atomic E-state index is 0.333. The monoisotopic (exact) mass is 282 g/mol. The van der Waals surface area contributed by atoms with Gasteiger partial charge in [-0.1, -0.05) is 11.6 Å². The lowest BCUT2D eigenvalue weighted by atomic mass is 9.90. The molecule has 0 amide bonds. The van der Waals surface area contributed by atoms with Crippen molar-refractivity contribution in [2.75, 3.05) is 14.1 Å². The first-order valence-electron chi connectivity index (χ1n) is 6.95. The Hall–Kier alpha value is -0.770. The minimum Gasteiger partial charge on any atom is -0.508 e. The van der Waals surface area contributed by atoms with Crippen LogP contribution in [-0.4, -0.2) is 36.2 Å². The third kappa shape index (κ3) is 3.85. The Balaban J connectivity index is 1.94. The fourth-order valence-electron chi connectivity index (χ4n) is 2.88. The van der Waals surface area contributed by atoms with Crippen LogP contribution in [0.5, 0.6) is 5.75 Å². The number of phenolic OH excluding ortho intramolecular Hbond substituents is 1. The van der Waals surface area contributed by atoms with Gasteiger partial charge < -0.3 is 10.4 Å². The number of rotatable bonds is 4. The number of nitrogens with zero attached hydrogens (tertiary/aromatic N) is 1. The summed E-state index contributed by atoms with van der Waals surface area (Å²) in [5, 5.41) is 13.9. The summed E-state index contributed by atoms with van der Waals surface area (Å²) >= 11 is 5.99. The van der Waals surface area contributed by atoms with Crippen molar-refractivity contribution in [3.63, 3.8) is 0 Å². The van der Waals surface area contributed by atoms with Gasteiger partial charge in [0.05, 0.1) is 0 Å². The highest BCUT2D eigenvalue weighted by Crippen LogP contribution is 2.27. The van der Waals surface area contributed by atoms with Crippen LogP contribution in [0.1, 0.15) is 31.2 Å². The van der Waals surface area contributed by atoms with Gasteiger partial charge in [0, 0.05) is 29.2 Å². The molecule has 1 aromatic rings. The topological polar surface area (TPSA) is 35.5 Å². The van der Waals surface area contributed by atoms with E-state index in [1.54, 1.807) is 12.1 Å². The zero-order valence-corrected chi connectivity index (χ0v) is 12.5. The molecule has 0 unspecified atom stereocenters. The van der Waals surface area contributed by atoms with Crippen LogP contribution in [0.4, 0.5) is 0 Å². The molecule has 3 nitrogen and oxygen atoms in total. The van der Waals surface area contributed by atoms with Crippen LogP contribution < -0.4 is 5.32 Å². The molecule has 0 spiro atoms. The van der Waals surface area contributed by atoms with Crippen molar-refractivity contribution in [1.82, 2.24) is 10.2 Å². The van der Waals surface area contributed by atoms with E-state index in [9.17, 15) is 5.11 Å². The molecule has 1 saturated carbocycles. The van der Waals surface area contributed by atoms with E-state index in [0.29, 0.717) is 22.9 Å². The molecule has 4 heteroatoms. The second-order valence-corrected chi connectivity index (χ2v) is 5.92. The van der Waals surface area contributed by atoms with Crippen molar-refractivity contribution >= 4 is 11.6 Å². The molecule has 0 aromatic heterocycles. The van der Waals surface area contributed by atoms with E-state index >= 15 is 0 Å². The van der Waals surface area contributed by atoms with Gasteiger partial charge in [0.2, 0.25) is 0 Å². The SMILES string of the molecule is CNC1CCC(N(C)Cc2cc(Cl)ccc2O)CC1. The molecule has 1 aliphatic carbocycles. The zero-order chi connectivity index (χ0) is 13.8. The third-order valence-electron chi connectivity index (χ3n) is 4.19. The molecule has 0 saturated heterocycles. The second kappa shape index (κ2) is 6.60. The van der Waals surface area contributed by atoms with E-state index in [-0.39, 0.29) is 0 Å². The Morgan fingerprint density at radius 2 is 2.00 bits per heavy atom. The number of benzene rings is 1. The molecule has 0 bridgehead atoms. The Morgan fingerprint density at radius 1 is 1.32 bits per heavy atom. The number of phenols is 1. The van der Waals surface area contributed by atoms with Gasteiger partial charge in [-0.3, -0.25) is 4.90 Å². The maximum absolute atomic E-state index is 9.87. The van der Waals surface area contributed by atoms with Gasteiger partial charge in [-0.2, -0.15) is 0 Å². The van der Waals surface area contributed by atoms with Crippen LogP contribution in [-0.2, 0) is 6.54 Å². The van der Waals surface area contributed by atoms with E-state index < -0.39 is 0 Å². The molecule has 0 aliphatic heterocycles. The predicted octanol–water partition coefficient (Wildman–Crippen LogP) is 3.01. The van der Waals surface area contributed by atoms with Gasteiger partial charge in [0.1, 0.15) is 5.75 Å². The van der Waals surface area contributed by atoms with Crippen molar-refractivity contribution in [2.24, 2.45) is 0 Å². The number of aromatic hydroxyl groups is 1. The highest BCUT2D eigenvalue weighted by molar-refractivity contribution is 6.30. The summed E-state index contributed by atoms with van der Waals surface area (Å²) in [6.07, 6.45) is 4.88. The molecule has 1 fully saturated rings. The molecule has 2 rings (SSSR count). The summed E-state index contributed by atoms with van der Waals surface area (Å²) in [7, 11) is 4.17. The van der Waals surface area contributed by atoms with Gasteiger partial charge >= 0.3 is 0 Å². The van der Waals surface area contributed by atoms with Crippen LogP contribution in [0.15, 0.2) is 18.2 Å². The lowest BCUT2D eigenvalue weighted by Crippen LogP contribution is -2.39. The summed E-state index contributed by atoms with van der Waals surface area (Å²) in [6, 6.07) is 6.52. The smallest absolute Gasteiger partial charge is 0.120 e. The summed E-state index contributed by atoms with van der Waals surface area (Å²) < 4.78 is 0. The van der Waals surface area contributed by atoms with Gasteiger partial charge in [0.15, 0.2) is 0 Å². The van der Waals surface area contributed by atoms with Gasteiger partial charge in [0.25, 0.3) is 0 Å². The molecule has 106 valence electrons. The van der Waals surface area contributed by atoms with Gasteiger partial charge in [-0.05, 0) is 58.0 Å². The van der Waals surface area contributed by atoms with Crippen molar-refractivity contribution in [3.8, 4) is 5.75 Å². The van der Waals surface area contributed by atoms with Crippen molar-refractivity contribution in [2.45, 2.75) is 44.3 Å². The number of nitrogens with one attached hydrogen (secondary N) is 1. The lowest BCUT2D eigenvalue weighted by Gasteiger charge is -2.34. The van der Waals surface area contributed by atoms with Crippen LogP contribution >= 0.6 is 11.6 Å². The average molecular weight is 283 g/mol. The molecule has 0 atom stereocenters. The minimum atomic E-state index is 0.333. The van der Waals surface area contributed by atoms with Crippen molar-refractivity contribution in [1.29, 1.82) is 0 Å². The lowest BCUT2D eigenvalue weighted by molar-refractivity contribution is 0.168. The quantitative estimate of drug-likeness (QED) is 0.891. The first-order chi connectivity index (χ1) is 9.10. The highest BCUT2D eigenvalue weighted by Gasteiger charge is 2.23. The third-order valence-corrected chi connectivity index (χ3v) is 4.42. The first-order valence-corrected chi connectivity index (χ1v) is 7.33. The Labute approximate surface area is 120 Å². The summed E-state index contributed by atoms with van der Waals surface area (Å²) in [5.41, 5.74) is 0.908. The predicted molar refractivity (Wildman–Crippen MR) is 79.7 cm³/mol. The zero-order valence-electron chi connectivity index (χ0n) is 11.7. The molecular formula is C15H23ClN2O. The van der Waals surface area contributed by atoms with Crippen LogP contribution in [0, 0.1) is 0 Å². The van der Waals surface area contributed by atoms with E-state index in [1.807, 2.05) is 13.1 Å². The van der Waals surface area contributed by atoms with Gasteiger partial charge in [-0.15, -0.1) is 0 Å². The highest BCUT2D eigenvalue weighted by atomic mass is 35.5. The van der Waals surface area contributed by atoms with Gasteiger partial charge in [-0.25, -0.2) is 0 Å². The molecule has 2 N–H and O–H groups in total. The number of halogens is 1. The molecule has 1 aromatic carbocycles. The van der Waals surface area contributed by atoms with Crippen molar-refractivity contribution in [3.05, 3.63) is 28.8 Å². The van der Waals surface area contributed by atoms with E-state index in [0.717, 1.165) is 12.1 Å². The molecule has 1 aliphatic rings. The fraction of sp³-hybridized carbons (Fsp3) is 0.600. The summed E-state index contributed by atoms with van der Waals surface area (Å²) in [6.45, 7) is 0.751. The number of hydrogen-bond acceptors (Lipinski definition) is 3. The largest absolute Gasteiger partial charge is 0.508 e. The van der Waals surface area contributed by atoms with Crippen LogP contribution in [0.3, 0.4) is 0 Å². The summed E-state index contributed by atoms with van der Waals surface area (Å²) in [5.74, 6) is 0.333. The Kier molecular flexibility index (Phi) is 5.08. The standard InChI is InChI=1S/C15H23ClN2O/c1-17-13-4-6-14(7-5-13)18(2)10-11-9-12(16)3-8-15(11)19/h3,8-9,13-14,17,19H,4-7,10H2,1-2H3. The Bertz CT molecular complexity index is 417. The van der Waals surface area contributed by atoms with E-state index in [4.69, 9.17) is 11.6 Å². The van der Waals surface area contributed by atoms with E-state index in [1.165, 1.54) is 25.7 Å². The molecular weight excluding hydrogens is 260 g/mol. The first kappa shape index (κ1) is 14.6. The normalized spacial score (nSPS) is 23.8. The maximum atomic E-state index is 9.87. The molecule has 0 heterocycles.